The molecular weight excluding hydrogens is 487 g/mol. The number of aliphatic imine (C=N–C) groups is 1. The second-order valence-corrected chi connectivity index (χ2v) is 8.94. The summed E-state index contributed by atoms with van der Waals surface area (Å²) in [5.41, 5.74) is 0.733. The summed E-state index contributed by atoms with van der Waals surface area (Å²) in [5, 5.41) is 0.463. The molecule has 0 saturated heterocycles. The summed E-state index contributed by atoms with van der Waals surface area (Å²) in [6.45, 7) is 0. The number of nitrogens with zero attached hydrogens (tertiary/aromatic N) is 2. The molecule has 142 valence electrons. The molecule has 0 fully saturated rings. The topological polar surface area (TPSA) is 75.9 Å². The van der Waals surface area contributed by atoms with Gasteiger partial charge in [0.2, 0.25) is 0 Å². The van der Waals surface area contributed by atoms with Gasteiger partial charge in [0.15, 0.2) is 11.6 Å². The molecule has 0 N–H and O–H groups in total. The lowest BCUT2D eigenvalue weighted by Gasteiger charge is -2.07. The molecule has 2 aromatic carbocycles. The van der Waals surface area contributed by atoms with E-state index in [0.29, 0.717) is 16.3 Å². The highest BCUT2D eigenvalue weighted by Crippen LogP contribution is 2.19. The molecule has 0 saturated carbocycles. The van der Waals surface area contributed by atoms with E-state index in [2.05, 4.69) is 25.3 Å². The fraction of sp³-hybridized carbons (Fsp3) is 0. The van der Waals surface area contributed by atoms with Gasteiger partial charge >= 0.3 is 0 Å². The quantitative estimate of drug-likeness (QED) is 0.342. The molecular formula is C19H11BrCl2N2O3S. The van der Waals surface area contributed by atoms with E-state index in [-0.39, 0.29) is 21.5 Å². The fourth-order valence-corrected chi connectivity index (χ4v) is 3.72. The molecule has 3 rings (SSSR count). The standard InChI is InChI=1S/C19H11BrCl2N2O3S/c20-13-3-8-16(9-4-13)28(26,27)24-19(12-1-5-14(21)6-2-12)23-15-7-10-18(25)17(22)11-15/h1-11H/b23-15?,24-19+. The molecule has 0 radical (unpaired) electrons. The monoisotopic (exact) mass is 496 g/mol. The maximum absolute atomic E-state index is 12.7. The SMILES string of the molecule is O=C1C=CC(=N/C(=N/S(=O)(=O)c2ccc(Br)cc2)c2ccc(Cl)cc2)C=C1Cl. The third-order valence-corrected chi connectivity index (χ3v) is 5.93. The summed E-state index contributed by atoms with van der Waals surface area (Å²) in [6.07, 6.45) is 4.04. The number of carbonyl (C=O) groups excluding carboxylic acids is 1. The zero-order valence-electron chi connectivity index (χ0n) is 14.0. The fourth-order valence-electron chi connectivity index (χ4n) is 2.19. The van der Waals surface area contributed by atoms with Gasteiger partial charge in [-0.05, 0) is 66.8 Å². The van der Waals surface area contributed by atoms with E-state index < -0.39 is 10.0 Å². The van der Waals surface area contributed by atoms with Crippen LogP contribution in [0.4, 0.5) is 0 Å². The van der Waals surface area contributed by atoms with Crippen LogP contribution in [0.15, 0.2) is 90.5 Å². The van der Waals surface area contributed by atoms with E-state index >= 15 is 0 Å². The van der Waals surface area contributed by atoms with Crippen molar-refractivity contribution < 1.29 is 13.2 Å². The van der Waals surface area contributed by atoms with E-state index in [4.69, 9.17) is 23.2 Å². The molecule has 0 spiro atoms. The van der Waals surface area contributed by atoms with Gasteiger partial charge < -0.3 is 0 Å². The Morgan fingerprint density at radius 2 is 1.57 bits per heavy atom. The number of hydrogen-bond acceptors (Lipinski definition) is 3. The van der Waals surface area contributed by atoms with Gasteiger partial charge in [0.1, 0.15) is 0 Å². The van der Waals surface area contributed by atoms with E-state index in [1.807, 2.05) is 0 Å². The van der Waals surface area contributed by atoms with Crippen molar-refractivity contribution in [1.29, 1.82) is 0 Å². The van der Waals surface area contributed by atoms with E-state index in [1.165, 1.54) is 30.4 Å². The van der Waals surface area contributed by atoms with Crippen LogP contribution >= 0.6 is 39.1 Å². The van der Waals surface area contributed by atoms with Crippen molar-refractivity contribution in [3.05, 3.63) is 86.9 Å². The van der Waals surface area contributed by atoms with Crippen LogP contribution in [-0.4, -0.2) is 25.7 Å². The van der Waals surface area contributed by atoms with E-state index in [1.54, 1.807) is 36.4 Å². The number of allylic oxidation sites excluding steroid dienone is 4. The van der Waals surface area contributed by atoms with Crippen LogP contribution in [0.2, 0.25) is 5.02 Å². The first-order chi connectivity index (χ1) is 13.2. The van der Waals surface area contributed by atoms with Crippen molar-refractivity contribution >= 4 is 66.5 Å². The van der Waals surface area contributed by atoms with Gasteiger partial charge in [0.25, 0.3) is 10.0 Å². The zero-order valence-corrected chi connectivity index (χ0v) is 17.9. The molecule has 0 unspecified atom stereocenters. The highest BCUT2D eigenvalue weighted by atomic mass is 79.9. The lowest BCUT2D eigenvalue weighted by atomic mass is 10.1. The van der Waals surface area contributed by atoms with Gasteiger partial charge in [-0.15, -0.1) is 4.40 Å². The first kappa shape index (κ1) is 20.7. The molecule has 1 aliphatic carbocycles. The zero-order chi connectivity index (χ0) is 20.3. The minimum absolute atomic E-state index is 0.0188. The number of carbonyl (C=O) groups is 1. The summed E-state index contributed by atoms with van der Waals surface area (Å²) in [6, 6.07) is 12.5. The lowest BCUT2D eigenvalue weighted by molar-refractivity contribution is -0.110. The number of rotatable bonds is 3. The van der Waals surface area contributed by atoms with Gasteiger partial charge in [-0.2, -0.15) is 8.42 Å². The number of hydrogen-bond donors (Lipinski definition) is 0. The van der Waals surface area contributed by atoms with Crippen molar-refractivity contribution in [2.75, 3.05) is 0 Å². The van der Waals surface area contributed by atoms with Gasteiger partial charge in [-0.1, -0.05) is 39.1 Å². The minimum Gasteiger partial charge on any atom is -0.288 e. The van der Waals surface area contributed by atoms with Gasteiger partial charge in [0.05, 0.1) is 15.6 Å². The molecule has 9 heteroatoms. The van der Waals surface area contributed by atoms with Crippen LogP contribution in [0.25, 0.3) is 0 Å². The Kier molecular flexibility index (Phi) is 6.30. The number of amidine groups is 1. The molecule has 2 aromatic rings. The van der Waals surface area contributed by atoms with Gasteiger partial charge in [-0.25, -0.2) is 4.99 Å². The predicted molar refractivity (Wildman–Crippen MR) is 115 cm³/mol. The lowest BCUT2D eigenvalue weighted by Crippen LogP contribution is -2.09. The predicted octanol–water partition coefficient (Wildman–Crippen LogP) is 4.94. The Bertz CT molecular complexity index is 1150. The Balaban J connectivity index is 2.12. The molecule has 0 amide bonds. The van der Waals surface area contributed by atoms with Crippen molar-refractivity contribution in [3.63, 3.8) is 0 Å². The third kappa shape index (κ3) is 5.05. The second-order valence-electron chi connectivity index (χ2n) is 5.58. The highest BCUT2D eigenvalue weighted by molar-refractivity contribution is 9.10. The maximum atomic E-state index is 12.7. The van der Waals surface area contributed by atoms with Crippen molar-refractivity contribution in [2.24, 2.45) is 9.39 Å². The summed E-state index contributed by atoms with van der Waals surface area (Å²) in [5.74, 6) is -0.414. The summed E-state index contributed by atoms with van der Waals surface area (Å²) in [7, 11) is -4.03. The van der Waals surface area contributed by atoms with Crippen molar-refractivity contribution in [1.82, 2.24) is 0 Å². The number of benzene rings is 2. The van der Waals surface area contributed by atoms with Crippen LogP contribution in [0.5, 0.6) is 0 Å². The normalized spacial score (nSPS) is 16.4. The molecule has 0 aromatic heterocycles. The molecule has 0 heterocycles. The molecule has 28 heavy (non-hydrogen) atoms. The van der Waals surface area contributed by atoms with Gasteiger partial charge in [0, 0.05) is 15.1 Å². The van der Waals surface area contributed by atoms with Crippen molar-refractivity contribution in [2.45, 2.75) is 4.90 Å². The van der Waals surface area contributed by atoms with E-state index in [9.17, 15) is 13.2 Å². The van der Waals surface area contributed by atoms with Crippen molar-refractivity contribution in [3.8, 4) is 0 Å². The summed E-state index contributed by atoms with van der Waals surface area (Å²) in [4.78, 5) is 15.8. The number of sulfonamides is 1. The molecule has 1 aliphatic rings. The second kappa shape index (κ2) is 8.53. The maximum Gasteiger partial charge on any atom is 0.284 e. The molecule has 0 bridgehead atoms. The average molecular weight is 498 g/mol. The first-order valence-corrected chi connectivity index (χ1v) is 10.8. The van der Waals surface area contributed by atoms with Crippen LogP contribution in [0.3, 0.4) is 0 Å². The summed E-state index contributed by atoms with van der Waals surface area (Å²) >= 11 is 15.0. The highest BCUT2D eigenvalue weighted by Gasteiger charge is 2.17. The van der Waals surface area contributed by atoms with E-state index in [0.717, 1.165) is 4.47 Å². The Labute approximate surface area is 180 Å². The largest absolute Gasteiger partial charge is 0.288 e. The third-order valence-electron chi connectivity index (χ3n) is 3.57. The smallest absolute Gasteiger partial charge is 0.284 e. The minimum atomic E-state index is -4.03. The van der Waals surface area contributed by atoms with Crippen LogP contribution in [-0.2, 0) is 14.8 Å². The number of ketones is 1. The van der Waals surface area contributed by atoms with Crippen LogP contribution in [0, 0.1) is 0 Å². The number of halogens is 3. The van der Waals surface area contributed by atoms with Crippen LogP contribution < -0.4 is 0 Å². The molecule has 0 aliphatic heterocycles. The molecule has 0 atom stereocenters. The Hall–Kier alpha value is -2.06. The Morgan fingerprint density at radius 1 is 0.929 bits per heavy atom. The first-order valence-electron chi connectivity index (χ1n) is 7.79. The molecule has 5 nitrogen and oxygen atoms in total. The van der Waals surface area contributed by atoms with Gasteiger partial charge in [-0.3, -0.25) is 4.79 Å². The summed E-state index contributed by atoms with van der Waals surface area (Å²) < 4.78 is 30.1. The van der Waals surface area contributed by atoms with Crippen LogP contribution in [0.1, 0.15) is 5.56 Å². The average Bonchev–Trinajstić information content (AvgIpc) is 2.65. The Morgan fingerprint density at radius 3 is 2.18 bits per heavy atom.